The number of benzene rings is 2. The van der Waals surface area contributed by atoms with Crippen molar-refractivity contribution in [2.24, 2.45) is 5.41 Å². The standard InChI is InChI=1S/C19H22O4/c1-21-12-19(11-20)13-22-18(23-14-19)17-9-7-16(8-10-17)15-5-3-2-4-6-15/h2-10,18,20H,11-14H2,1H3. The number of ether oxygens (including phenoxy) is 3. The zero-order valence-corrected chi connectivity index (χ0v) is 13.3. The molecule has 1 aliphatic rings. The van der Waals surface area contributed by atoms with Crippen molar-refractivity contribution in [2.75, 3.05) is 33.5 Å². The van der Waals surface area contributed by atoms with Gasteiger partial charge in [0.25, 0.3) is 0 Å². The van der Waals surface area contributed by atoms with Crippen molar-refractivity contribution in [3.05, 3.63) is 60.2 Å². The van der Waals surface area contributed by atoms with Gasteiger partial charge in [0.05, 0.1) is 31.8 Å². The van der Waals surface area contributed by atoms with E-state index in [1.807, 2.05) is 30.3 Å². The number of hydrogen-bond donors (Lipinski definition) is 1. The molecule has 0 saturated carbocycles. The Labute approximate surface area is 136 Å². The first-order valence-electron chi connectivity index (χ1n) is 7.75. The largest absolute Gasteiger partial charge is 0.396 e. The van der Waals surface area contributed by atoms with Gasteiger partial charge in [0.15, 0.2) is 6.29 Å². The Morgan fingerprint density at radius 2 is 1.61 bits per heavy atom. The third-order valence-electron chi connectivity index (χ3n) is 4.16. The van der Waals surface area contributed by atoms with Gasteiger partial charge in [-0.2, -0.15) is 0 Å². The number of aliphatic hydroxyl groups is 1. The van der Waals surface area contributed by atoms with E-state index in [4.69, 9.17) is 14.2 Å². The van der Waals surface area contributed by atoms with Crippen LogP contribution in [0, 0.1) is 5.41 Å². The van der Waals surface area contributed by atoms with Gasteiger partial charge in [-0.05, 0) is 11.1 Å². The number of methoxy groups -OCH3 is 1. The van der Waals surface area contributed by atoms with Gasteiger partial charge in [0, 0.05) is 12.7 Å². The molecule has 1 heterocycles. The predicted octanol–water partition coefficient (Wildman–Crippen LogP) is 3.02. The summed E-state index contributed by atoms with van der Waals surface area (Å²) >= 11 is 0. The summed E-state index contributed by atoms with van der Waals surface area (Å²) in [5.74, 6) is 0. The van der Waals surface area contributed by atoms with E-state index in [-0.39, 0.29) is 6.61 Å². The van der Waals surface area contributed by atoms with Crippen LogP contribution in [0.4, 0.5) is 0 Å². The Morgan fingerprint density at radius 3 is 2.17 bits per heavy atom. The maximum Gasteiger partial charge on any atom is 0.183 e. The molecule has 3 rings (SSSR count). The van der Waals surface area contributed by atoms with E-state index in [0.29, 0.717) is 19.8 Å². The third-order valence-corrected chi connectivity index (χ3v) is 4.16. The van der Waals surface area contributed by atoms with Crippen LogP contribution < -0.4 is 0 Å². The van der Waals surface area contributed by atoms with Crippen molar-refractivity contribution in [1.82, 2.24) is 0 Å². The Kier molecular flexibility index (Phi) is 5.08. The number of hydrogen-bond acceptors (Lipinski definition) is 4. The van der Waals surface area contributed by atoms with Crippen LogP contribution in [0.5, 0.6) is 0 Å². The zero-order valence-electron chi connectivity index (χ0n) is 13.3. The SMILES string of the molecule is COCC1(CO)COC(c2ccc(-c3ccccc3)cc2)OC1. The molecule has 1 fully saturated rings. The molecular weight excluding hydrogens is 292 g/mol. The fourth-order valence-electron chi connectivity index (χ4n) is 2.78. The fraction of sp³-hybridized carbons (Fsp3) is 0.368. The summed E-state index contributed by atoms with van der Waals surface area (Å²) in [6.07, 6.45) is -0.392. The molecule has 0 unspecified atom stereocenters. The normalized spacial score (nSPS) is 24.5. The van der Waals surface area contributed by atoms with Crippen molar-refractivity contribution < 1.29 is 19.3 Å². The summed E-state index contributed by atoms with van der Waals surface area (Å²) in [4.78, 5) is 0. The quantitative estimate of drug-likeness (QED) is 0.921. The van der Waals surface area contributed by atoms with Crippen molar-refractivity contribution in [3.8, 4) is 11.1 Å². The minimum atomic E-state index is -0.463. The van der Waals surface area contributed by atoms with Crippen LogP contribution in [0.1, 0.15) is 11.9 Å². The number of rotatable bonds is 5. The molecule has 1 aliphatic heterocycles. The molecule has 2 aromatic carbocycles. The van der Waals surface area contributed by atoms with Gasteiger partial charge in [-0.3, -0.25) is 0 Å². The van der Waals surface area contributed by atoms with Crippen molar-refractivity contribution in [1.29, 1.82) is 0 Å². The van der Waals surface area contributed by atoms with Gasteiger partial charge in [-0.25, -0.2) is 0 Å². The van der Waals surface area contributed by atoms with Gasteiger partial charge in [-0.1, -0.05) is 54.6 Å². The van der Waals surface area contributed by atoms with Crippen LogP contribution in [-0.4, -0.2) is 38.6 Å². The molecular formula is C19H22O4. The first-order valence-corrected chi connectivity index (χ1v) is 7.75. The molecule has 0 atom stereocenters. The van der Waals surface area contributed by atoms with Gasteiger partial charge in [0.1, 0.15) is 0 Å². The first kappa shape index (κ1) is 16.1. The van der Waals surface area contributed by atoms with Crippen LogP contribution in [0.25, 0.3) is 11.1 Å². The summed E-state index contributed by atoms with van der Waals surface area (Å²) < 4.78 is 16.8. The smallest absolute Gasteiger partial charge is 0.183 e. The van der Waals surface area contributed by atoms with Gasteiger partial charge >= 0.3 is 0 Å². The minimum Gasteiger partial charge on any atom is -0.396 e. The van der Waals surface area contributed by atoms with Crippen LogP contribution in [0.2, 0.25) is 0 Å². The Morgan fingerprint density at radius 1 is 1.00 bits per heavy atom. The summed E-state index contributed by atoms with van der Waals surface area (Å²) in [6.45, 7) is 1.24. The molecule has 122 valence electrons. The highest BCUT2D eigenvalue weighted by Gasteiger charge is 2.37. The van der Waals surface area contributed by atoms with Gasteiger partial charge in [0.2, 0.25) is 0 Å². The van der Waals surface area contributed by atoms with E-state index >= 15 is 0 Å². The van der Waals surface area contributed by atoms with E-state index in [0.717, 1.165) is 11.1 Å². The highest BCUT2D eigenvalue weighted by atomic mass is 16.7. The molecule has 1 N–H and O–H groups in total. The monoisotopic (exact) mass is 314 g/mol. The van der Waals surface area contributed by atoms with Crippen molar-refractivity contribution >= 4 is 0 Å². The molecule has 0 aliphatic carbocycles. The second-order valence-electron chi connectivity index (χ2n) is 6.03. The molecule has 0 aromatic heterocycles. The molecule has 1 saturated heterocycles. The first-order chi connectivity index (χ1) is 11.3. The van der Waals surface area contributed by atoms with Crippen LogP contribution in [0.15, 0.2) is 54.6 Å². The van der Waals surface area contributed by atoms with Crippen molar-refractivity contribution in [2.45, 2.75) is 6.29 Å². The lowest BCUT2D eigenvalue weighted by Crippen LogP contribution is -2.44. The summed E-state index contributed by atoms with van der Waals surface area (Å²) in [7, 11) is 1.62. The van der Waals surface area contributed by atoms with Crippen LogP contribution in [-0.2, 0) is 14.2 Å². The van der Waals surface area contributed by atoms with E-state index < -0.39 is 11.7 Å². The molecule has 0 bridgehead atoms. The Balaban J connectivity index is 1.67. The molecule has 0 radical (unpaired) electrons. The highest BCUT2D eigenvalue weighted by molar-refractivity contribution is 5.63. The summed E-state index contributed by atoms with van der Waals surface area (Å²) in [5, 5.41) is 9.55. The lowest BCUT2D eigenvalue weighted by atomic mass is 9.91. The topological polar surface area (TPSA) is 47.9 Å². The summed E-state index contributed by atoms with van der Waals surface area (Å²) in [5.41, 5.74) is 2.86. The molecule has 4 heteroatoms. The second kappa shape index (κ2) is 7.23. The van der Waals surface area contributed by atoms with Crippen LogP contribution >= 0.6 is 0 Å². The van der Waals surface area contributed by atoms with E-state index in [9.17, 15) is 5.11 Å². The van der Waals surface area contributed by atoms with E-state index in [1.165, 1.54) is 5.56 Å². The van der Waals surface area contributed by atoms with Crippen LogP contribution in [0.3, 0.4) is 0 Å². The molecule has 4 nitrogen and oxygen atoms in total. The second-order valence-corrected chi connectivity index (χ2v) is 6.03. The predicted molar refractivity (Wildman–Crippen MR) is 87.9 cm³/mol. The zero-order chi connectivity index (χ0) is 16.1. The minimum absolute atomic E-state index is 0.0134. The Bertz CT molecular complexity index is 601. The maximum atomic E-state index is 9.55. The molecule has 2 aromatic rings. The fourth-order valence-corrected chi connectivity index (χ4v) is 2.78. The lowest BCUT2D eigenvalue weighted by molar-refractivity contribution is -0.249. The van der Waals surface area contributed by atoms with Crippen molar-refractivity contribution in [3.63, 3.8) is 0 Å². The number of aliphatic hydroxyl groups excluding tert-OH is 1. The highest BCUT2D eigenvalue weighted by Crippen LogP contribution is 2.32. The Hall–Kier alpha value is -1.72. The van der Waals surface area contributed by atoms with Gasteiger partial charge < -0.3 is 19.3 Å². The molecule has 0 spiro atoms. The lowest BCUT2D eigenvalue weighted by Gasteiger charge is -2.38. The van der Waals surface area contributed by atoms with Gasteiger partial charge in [-0.15, -0.1) is 0 Å². The molecule has 0 amide bonds. The maximum absolute atomic E-state index is 9.55. The molecule has 23 heavy (non-hydrogen) atoms. The average Bonchev–Trinajstić information content (AvgIpc) is 2.63. The third kappa shape index (κ3) is 3.62. The van der Waals surface area contributed by atoms with E-state index in [1.54, 1.807) is 7.11 Å². The average molecular weight is 314 g/mol. The summed E-state index contributed by atoms with van der Waals surface area (Å²) in [6, 6.07) is 18.4. The van der Waals surface area contributed by atoms with E-state index in [2.05, 4.69) is 24.3 Å².